The molecule has 0 aliphatic carbocycles. The summed E-state index contributed by atoms with van der Waals surface area (Å²) in [6.45, 7) is 0. The largest absolute Gasteiger partial charge is 0.459 e. The normalized spacial score (nSPS) is 28.9. The number of fused-ring (bicyclic) bond motifs is 3. The molecule has 3 heterocycles. The smallest absolute Gasteiger partial charge is 0.338 e. The Morgan fingerprint density at radius 2 is 2.00 bits per heavy atom. The summed E-state index contributed by atoms with van der Waals surface area (Å²) in [5.41, 5.74) is 1.61. The summed E-state index contributed by atoms with van der Waals surface area (Å²) in [6.07, 6.45) is 6.39. The van der Waals surface area contributed by atoms with Crippen molar-refractivity contribution in [1.29, 1.82) is 0 Å². The number of carbonyl (C=O) groups is 1. The third kappa shape index (κ3) is 2.23. The molecular formula is C17H20N2O2. The zero-order valence-corrected chi connectivity index (χ0v) is 12.2. The van der Waals surface area contributed by atoms with Crippen LogP contribution in [-0.4, -0.2) is 41.1 Å². The SMILES string of the molecule is CN1[C@@H]2CC[C@@H]1CC(OC(=O)c1ccc3cc[nH]c3c1)C2. The fourth-order valence-electron chi connectivity index (χ4n) is 3.85. The van der Waals surface area contributed by atoms with Gasteiger partial charge in [-0.25, -0.2) is 4.79 Å². The molecule has 0 spiro atoms. The van der Waals surface area contributed by atoms with Crippen LogP contribution in [0.25, 0.3) is 10.9 Å². The van der Waals surface area contributed by atoms with Crippen LogP contribution in [0.2, 0.25) is 0 Å². The van der Waals surface area contributed by atoms with Gasteiger partial charge in [-0.2, -0.15) is 0 Å². The number of ether oxygens (including phenoxy) is 1. The number of aromatic nitrogens is 1. The standard InChI is InChI=1S/C17H20N2O2/c1-19-13-4-5-14(19)10-15(9-13)21-17(20)12-3-2-11-6-7-18-16(11)8-12/h2-3,6-8,13-15,18H,4-5,9-10H2,1H3/t13-,14-/m1/s1. The molecule has 0 radical (unpaired) electrons. The number of nitrogens with one attached hydrogen (secondary N) is 1. The number of esters is 1. The van der Waals surface area contributed by atoms with Crippen LogP contribution < -0.4 is 0 Å². The second-order valence-electron chi connectivity index (χ2n) is 6.33. The van der Waals surface area contributed by atoms with Crippen LogP contribution >= 0.6 is 0 Å². The molecule has 0 unspecified atom stereocenters. The van der Waals surface area contributed by atoms with Gasteiger partial charge in [0.05, 0.1) is 5.56 Å². The van der Waals surface area contributed by atoms with Crippen LogP contribution in [0.15, 0.2) is 30.5 Å². The Morgan fingerprint density at radius 1 is 1.24 bits per heavy atom. The first-order chi connectivity index (χ1) is 10.2. The van der Waals surface area contributed by atoms with E-state index in [1.165, 1.54) is 12.8 Å². The van der Waals surface area contributed by atoms with E-state index in [0.29, 0.717) is 17.6 Å². The highest BCUT2D eigenvalue weighted by Crippen LogP contribution is 2.35. The van der Waals surface area contributed by atoms with Gasteiger partial charge < -0.3 is 14.6 Å². The Kier molecular flexibility index (Phi) is 3.00. The van der Waals surface area contributed by atoms with Crippen molar-refractivity contribution in [1.82, 2.24) is 9.88 Å². The highest BCUT2D eigenvalue weighted by molar-refractivity contribution is 5.94. The minimum Gasteiger partial charge on any atom is -0.459 e. The van der Waals surface area contributed by atoms with E-state index in [2.05, 4.69) is 16.9 Å². The Balaban J connectivity index is 1.48. The van der Waals surface area contributed by atoms with Crippen molar-refractivity contribution in [3.8, 4) is 0 Å². The lowest BCUT2D eigenvalue weighted by molar-refractivity contribution is -0.000435. The van der Waals surface area contributed by atoms with Crippen LogP contribution in [-0.2, 0) is 4.74 Å². The van der Waals surface area contributed by atoms with Gasteiger partial charge in [0.1, 0.15) is 6.10 Å². The minimum absolute atomic E-state index is 0.0746. The number of hydrogen-bond donors (Lipinski definition) is 1. The van der Waals surface area contributed by atoms with Gasteiger partial charge in [0.2, 0.25) is 0 Å². The number of H-pyrrole nitrogens is 1. The summed E-state index contributed by atoms with van der Waals surface area (Å²) >= 11 is 0. The first-order valence-corrected chi connectivity index (χ1v) is 7.71. The van der Waals surface area contributed by atoms with E-state index >= 15 is 0 Å². The van der Waals surface area contributed by atoms with Gasteiger partial charge in [0, 0.05) is 36.6 Å². The quantitative estimate of drug-likeness (QED) is 0.862. The molecule has 0 amide bonds. The number of hydrogen-bond acceptors (Lipinski definition) is 3. The molecule has 2 aromatic rings. The lowest BCUT2D eigenvalue weighted by Crippen LogP contribution is -2.43. The van der Waals surface area contributed by atoms with Gasteiger partial charge in [-0.15, -0.1) is 0 Å². The molecule has 2 bridgehead atoms. The molecule has 2 fully saturated rings. The van der Waals surface area contributed by atoms with E-state index in [-0.39, 0.29) is 12.1 Å². The molecule has 0 saturated carbocycles. The van der Waals surface area contributed by atoms with E-state index in [1.54, 1.807) is 0 Å². The van der Waals surface area contributed by atoms with Crippen molar-refractivity contribution in [2.75, 3.05) is 7.05 Å². The second kappa shape index (κ2) is 4.88. The van der Waals surface area contributed by atoms with Crippen LogP contribution in [0.1, 0.15) is 36.0 Å². The molecule has 2 aliphatic heterocycles. The third-order valence-electron chi connectivity index (χ3n) is 5.12. The predicted octanol–water partition coefficient (Wildman–Crippen LogP) is 2.95. The Hall–Kier alpha value is -1.81. The zero-order chi connectivity index (χ0) is 14.4. The first-order valence-electron chi connectivity index (χ1n) is 7.71. The summed E-state index contributed by atoms with van der Waals surface area (Å²) < 4.78 is 5.75. The zero-order valence-electron chi connectivity index (χ0n) is 12.2. The lowest BCUT2D eigenvalue weighted by atomic mass is 10.0. The maximum Gasteiger partial charge on any atom is 0.338 e. The maximum atomic E-state index is 12.3. The van der Waals surface area contributed by atoms with Crippen molar-refractivity contribution in [2.24, 2.45) is 0 Å². The molecule has 2 aliphatic rings. The van der Waals surface area contributed by atoms with E-state index in [1.807, 2.05) is 30.5 Å². The van der Waals surface area contributed by atoms with E-state index < -0.39 is 0 Å². The van der Waals surface area contributed by atoms with Gasteiger partial charge in [-0.1, -0.05) is 6.07 Å². The molecule has 2 atom stereocenters. The molecule has 4 rings (SSSR count). The summed E-state index contributed by atoms with van der Waals surface area (Å²) in [4.78, 5) is 17.9. The Morgan fingerprint density at radius 3 is 2.76 bits per heavy atom. The number of piperidine rings is 1. The number of benzene rings is 1. The summed E-state index contributed by atoms with van der Waals surface area (Å²) in [7, 11) is 2.19. The van der Waals surface area contributed by atoms with Crippen molar-refractivity contribution in [2.45, 2.75) is 43.9 Å². The lowest BCUT2D eigenvalue weighted by Gasteiger charge is -2.35. The number of carbonyl (C=O) groups excluding carboxylic acids is 1. The topological polar surface area (TPSA) is 45.3 Å². The maximum absolute atomic E-state index is 12.3. The Bertz CT molecular complexity index is 664. The molecule has 1 aromatic heterocycles. The van der Waals surface area contributed by atoms with Gasteiger partial charge in [0.25, 0.3) is 0 Å². The van der Waals surface area contributed by atoms with Crippen LogP contribution in [0.3, 0.4) is 0 Å². The molecule has 110 valence electrons. The van der Waals surface area contributed by atoms with Crippen molar-refractivity contribution in [3.63, 3.8) is 0 Å². The van der Waals surface area contributed by atoms with Gasteiger partial charge in [-0.3, -0.25) is 0 Å². The van der Waals surface area contributed by atoms with Crippen LogP contribution in [0, 0.1) is 0 Å². The number of nitrogens with zero attached hydrogens (tertiary/aromatic N) is 1. The predicted molar refractivity (Wildman–Crippen MR) is 81.3 cm³/mol. The van der Waals surface area contributed by atoms with Crippen LogP contribution in [0.5, 0.6) is 0 Å². The van der Waals surface area contributed by atoms with Crippen molar-refractivity contribution < 1.29 is 9.53 Å². The van der Waals surface area contributed by atoms with Crippen LogP contribution in [0.4, 0.5) is 0 Å². The summed E-state index contributed by atoms with van der Waals surface area (Å²) in [5, 5.41) is 1.11. The molecule has 4 heteroatoms. The fourth-order valence-corrected chi connectivity index (χ4v) is 3.85. The number of aromatic amines is 1. The first kappa shape index (κ1) is 12.9. The highest BCUT2D eigenvalue weighted by atomic mass is 16.5. The van der Waals surface area contributed by atoms with E-state index in [0.717, 1.165) is 23.7 Å². The molecule has 2 saturated heterocycles. The molecule has 4 nitrogen and oxygen atoms in total. The summed E-state index contributed by atoms with van der Waals surface area (Å²) in [6, 6.07) is 8.86. The summed E-state index contributed by atoms with van der Waals surface area (Å²) in [5.74, 6) is -0.194. The average molecular weight is 284 g/mol. The highest BCUT2D eigenvalue weighted by Gasteiger charge is 2.39. The van der Waals surface area contributed by atoms with Gasteiger partial charge in [-0.05, 0) is 43.5 Å². The van der Waals surface area contributed by atoms with Gasteiger partial charge in [0.15, 0.2) is 0 Å². The van der Waals surface area contributed by atoms with E-state index in [4.69, 9.17) is 4.74 Å². The molecule has 21 heavy (non-hydrogen) atoms. The number of rotatable bonds is 2. The van der Waals surface area contributed by atoms with Gasteiger partial charge >= 0.3 is 5.97 Å². The minimum atomic E-state index is -0.194. The van der Waals surface area contributed by atoms with Crippen molar-refractivity contribution in [3.05, 3.63) is 36.0 Å². The van der Waals surface area contributed by atoms with E-state index in [9.17, 15) is 4.79 Å². The molecule has 1 aromatic carbocycles. The third-order valence-corrected chi connectivity index (χ3v) is 5.12. The second-order valence-corrected chi connectivity index (χ2v) is 6.33. The fraction of sp³-hybridized carbons (Fsp3) is 0.471. The Labute approximate surface area is 124 Å². The average Bonchev–Trinajstić information content (AvgIpc) is 3.01. The molecular weight excluding hydrogens is 264 g/mol. The molecule has 1 N–H and O–H groups in total. The van der Waals surface area contributed by atoms with Crippen molar-refractivity contribution >= 4 is 16.9 Å². The monoisotopic (exact) mass is 284 g/mol.